The van der Waals surface area contributed by atoms with Gasteiger partial charge in [0.25, 0.3) is 0 Å². The first-order valence-electron chi connectivity index (χ1n) is 7.18. The van der Waals surface area contributed by atoms with Crippen LogP contribution in [0.2, 0.25) is 0 Å². The quantitative estimate of drug-likeness (QED) is 0.819. The van der Waals surface area contributed by atoms with E-state index < -0.39 is 0 Å². The summed E-state index contributed by atoms with van der Waals surface area (Å²) in [5.74, 6) is 0. The van der Waals surface area contributed by atoms with Gasteiger partial charge in [0.2, 0.25) is 0 Å². The number of hydrogen-bond acceptors (Lipinski definition) is 3. The molecular formula is C16H29N3. The zero-order valence-electron chi connectivity index (χ0n) is 13.1. The lowest BCUT2D eigenvalue weighted by atomic mass is 9.91. The SMILES string of the molecule is CCN(CC)c1ccc(CC(C)(CN)N(C)C)cc1. The summed E-state index contributed by atoms with van der Waals surface area (Å²) in [5, 5.41) is 0. The highest BCUT2D eigenvalue weighted by molar-refractivity contribution is 5.47. The fourth-order valence-corrected chi connectivity index (χ4v) is 2.27. The largest absolute Gasteiger partial charge is 0.372 e. The molecule has 19 heavy (non-hydrogen) atoms. The van der Waals surface area contributed by atoms with Crippen molar-refractivity contribution in [2.75, 3.05) is 38.6 Å². The number of nitrogens with zero attached hydrogens (tertiary/aromatic N) is 2. The standard InChI is InChI=1S/C16H29N3/c1-6-19(7-2)15-10-8-14(9-11-15)12-16(3,13-17)18(4)5/h8-11H,6-7,12-13,17H2,1-5H3. The predicted octanol–water partition coefficient (Wildman–Crippen LogP) is 2.35. The number of anilines is 1. The summed E-state index contributed by atoms with van der Waals surface area (Å²) in [7, 11) is 4.19. The Kier molecular flexibility index (Phi) is 5.83. The van der Waals surface area contributed by atoms with Gasteiger partial charge >= 0.3 is 0 Å². The van der Waals surface area contributed by atoms with Gasteiger partial charge in [0, 0.05) is 30.9 Å². The summed E-state index contributed by atoms with van der Waals surface area (Å²) in [6, 6.07) is 8.89. The lowest BCUT2D eigenvalue weighted by molar-refractivity contribution is 0.181. The minimum Gasteiger partial charge on any atom is -0.372 e. The lowest BCUT2D eigenvalue weighted by Crippen LogP contribution is -2.49. The van der Waals surface area contributed by atoms with E-state index in [1.54, 1.807) is 0 Å². The molecule has 0 aliphatic heterocycles. The fourth-order valence-electron chi connectivity index (χ4n) is 2.27. The lowest BCUT2D eigenvalue weighted by Gasteiger charge is -2.35. The van der Waals surface area contributed by atoms with Gasteiger partial charge in [0.1, 0.15) is 0 Å². The molecule has 1 aromatic carbocycles. The Morgan fingerprint density at radius 3 is 1.95 bits per heavy atom. The monoisotopic (exact) mass is 263 g/mol. The van der Waals surface area contributed by atoms with Crippen molar-refractivity contribution >= 4 is 5.69 Å². The molecule has 0 aliphatic rings. The van der Waals surface area contributed by atoms with Gasteiger partial charge in [-0.1, -0.05) is 12.1 Å². The second kappa shape index (κ2) is 6.92. The summed E-state index contributed by atoms with van der Waals surface area (Å²) in [4.78, 5) is 4.57. The predicted molar refractivity (Wildman–Crippen MR) is 84.9 cm³/mol. The van der Waals surface area contributed by atoms with Gasteiger partial charge in [-0.05, 0) is 59.0 Å². The van der Waals surface area contributed by atoms with E-state index in [-0.39, 0.29) is 5.54 Å². The van der Waals surface area contributed by atoms with Crippen LogP contribution in [0.25, 0.3) is 0 Å². The maximum atomic E-state index is 5.93. The Balaban J connectivity index is 2.82. The first kappa shape index (κ1) is 16.0. The van der Waals surface area contributed by atoms with Crippen molar-refractivity contribution < 1.29 is 0 Å². The summed E-state index contributed by atoms with van der Waals surface area (Å²) in [6.07, 6.45) is 0.981. The van der Waals surface area contributed by atoms with Crippen LogP contribution in [0, 0.1) is 0 Å². The fraction of sp³-hybridized carbons (Fsp3) is 0.625. The number of rotatable bonds is 7. The molecule has 2 N–H and O–H groups in total. The molecule has 0 saturated carbocycles. The van der Waals surface area contributed by atoms with Crippen molar-refractivity contribution in [2.24, 2.45) is 5.73 Å². The van der Waals surface area contributed by atoms with Crippen molar-refractivity contribution in [3.63, 3.8) is 0 Å². The number of hydrogen-bond donors (Lipinski definition) is 1. The Labute approximate surface area is 118 Å². The van der Waals surface area contributed by atoms with E-state index in [9.17, 15) is 0 Å². The molecule has 0 fully saturated rings. The van der Waals surface area contributed by atoms with E-state index in [1.165, 1.54) is 11.3 Å². The molecule has 1 atom stereocenters. The van der Waals surface area contributed by atoms with Crippen LogP contribution in [0.5, 0.6) is 0 Å². The third-order valence-electron chi connectivity index (χ3n) is 4.17. The number of nitrogens with two attached hydrogens (primary N) is 1. The molecule has 0 radical (unpaired) electrons. The Bertz CT molecular complexity index is 368. The van der Waals surface area contributed by atoms with Gasteiger partial charge in [-0.3, -0.25) is 0 Å². The Hall–Kier alpha value is -1.06. The van der Waals surface area contributed by atoms with Crippen LogP contribution >= 0.6 is 0 Å². The van der Waals surface area contributed by atoms with Gasteiger partial charge in [-0.2, -0.15) is 0 Å². The van der Waals surface area contributed by atoms with Crippen LogP contribution in [0.15, 0.2) is 24.3 Å². The number of likely N-dealkylation sites (N-methyl/N-ethyl adjacent to an activating group) is 1. The molecule has 0 amide bonds. The zero-order valence-corrected chi connectivity index (χ0v) is 13.1. The van der Waals surface area contributed by atoms with Crippen molar-refractivity contribution in [1.82, 2.24) is 4.90 Å². The average Bonchev–Trinajstić information content (AvgIpc) is 2.41. The van der Waals surface area contributed by atoms with Crippen molar-refractivity contribution in [3.05, 3.63) is 29.8 Å². The third-order valence-corrected chi connectivity index (χ3v) is 4.17. The van der Waals surface area contributed by atoms with Gasteiger partial charge < -0.3 is 15.5 Å². The average molecular weight is 263 g/mol. The molecule has 0 bridgehead atoms. The number of benzene rings is 1. The summed E-state index contributed by atoms with van der Waals surface area (Å²) >= 11 is 0. The summed E-state index contributed by atoms with van der Waals surface area (Å²) in [5.41, 5.74) is 8.60. The molecule has 0 spiro atoms. The Morgan fingerprint density at radius 2 is 1.58 bits per heavy atom. The molecule has 1 rings (SSSR count). The molecular weight excluding hydrogens is 234 g/mol. The van der Waals surface area contributed by atoms with E-state index in [4.69, 9.17) is 5.73 Å². The van der Waals surface area contributed by atoms with Crippen LogP contribution < -0.4 is 10.6 Å². The second-order valence-corrected chi connectivity index (χ2v) is 5.61. The van der Waals surface area contributed by atoms with Crippen LogP contribution in [0.4, 0.5) is 5.69 Å². The van der Waals surface area contributed by atoms with E-state index in [0.717, 1.165) is 19.5 Å². The highest BCUT2D eigenvalue weighted by atomic mass is 15.1. The smallest absolute Gasteiger partial charge is 0.0366 e. The van der Waals surface area contributed by atoms with E-state index in [0.29, 0.717) is 6.54 Å². The van der Waals surface area contributed by atoms with E-state index >= 15 is 0 Å². The minimum atomic E-state index is 0.0245. The summed E-state index contributed by atoms with van der Waals surface area (Å²) in [6.45, 7) is 9.36. The topological polar surface area (TPSA) is 32.5 Å². The highest BCUT2D eigenvalue weighted by Gasteiger charge is 2.25. The summed E-state index contributed by atoms with van der Waals surface area (Å²) < 4.78 is 0. The van der Waals surface area contributed by atoms with Crippen LogP contribution in [0.3, 0.4) is 0 Å². The van der Waals surface area contributed by atoms with Gasteiger partial charge in [0.15, 0.2) is 0 Å². The first-order valence-corrected chi connectivity index (χ1v) is 7.18. The maximum absolute atomic E-state index is 5.93. The third kappa shape index (κ3) is 3.95. The first-order chi connectivity index (χ1) is 8.96. The molecule has 0 aliphatic carbocycles. The molecule has 0 saturated heterocycles. The van der Waals surface area contributed by atoms with Gasteiger partial charge in [0.05, 0.1) is 0 Å². The van der Waals surface area contributed by atoms with Crippen molar-refractivity contribution in [3.8, 4) is 0 Å². The van der Waals surface area contributed by atoms with Crippen LogP contribution in [-0.4, -0.2) is 44.2 Å². The zero-order chi connectivity index (χ0) is 14.5. The normalized spacial score (nSPS) is 14.5. The minimum absolute atomic E-state index is 0.0245. The second-order valence-electron chi connectivity index (χ2n) is 5.61. The van der Waals surface area contributed by atoms with E-state index in [1.807, 2.05) is 0 Å². The van der Waals surface area contributed by atoms with Gasteiger partial charge in [-0.15, -0.1) is 0 Å². The molecule has 3 heteroatoms. The van der Waals surface area contributed by atoms with Crippen LogP contribution in [0.1, 0.15) is 26.3 Å². The molecule has 1 aromatic rings. The van der Waals surface area contributed by atoms with E-state index in [2.05, 4.69) is 68.9 Å². The molecule has 108 valence electrons. The molecule has 0 heterocycles. The van der Waals surface area contributed by atoms with Crippen LogP contribution in [-0.2, 0) is 6.42 Å². The molecule has 3 nitrogen and oxygen atoms in total. The van der Waals surface area contributed by atoms with Crippen molar-refractivity contribution in [2.45, 2.75) is 32.7 Å². The highest BCUT2D eigenvalue weighted by Crippen LogP contribution is 2.20. The Morgan fingerprint density at radius 1 is 1.05 bits per heavy atom. The maximum Gasteiger partial charge on any atom is 0.0366 e. The molecule has 1 unspecified atom stereocenters. The van der Waals surface area contributed by atoms with Crippen molar-refractivity contribution in [1.29, 1.82) is 0 Å². The molecule has 0 aromatic heterocycles. The van der Waals surface area contributed by atoms with Gasteiger partial charge in [-0.25, -0.2) is 0 Å².